The Morgan fingerprint density at radius 3 is 2.59 bits per heavy atom. The molecule has 1 fully saturated rings. The molecule has 2 rings (SSSR count). The molecule has 0 bridgehead atoms. The van der Waals surface area contributed by atoms with Crippen LogP contribution in [-0.4, -0.2) is 12.1 Å². The lowest BCUT2D eigenvalue weighted by Crippen LogP contribution is -2.45. The number of rotatable bonds is 5. The third-order valence-corrected chi connectivity index (χ3v) is 3.92. The lowest BCUT2D eigenvalue weighted by atomic mass is 9.75. The van der Waals surface area contributed by atoms with Gasteiger partial charge in [0.15, 0.2) is 0 Å². The van der Waals surface area contributed by atoms with Gasteiger partial charge < -0.3 is 5.32 Å². The average molecular weight is 235 g/mol. The summed E-state index contributed by atoms with van der Waals surface area (Å²) >= 11 is 0. The summed E-state index contributed by atoms with van der Waals surface area (Å²) in [5.74, 6) is 0.441. The van der Waals surface area contributed by atoms with Gasteiger partial charge in [0.2, 0.25) is 0 Å². The van der Waals surface area contributed by atoms with Crippen molar-refractivity contribution in [2.24, 2.45) is 0 Å². The maximum atomic E-state index is 13.1. The lowest BCUT2D eigenvalue weighted by Gasteiger charge is -2.38. The van der Waals surface area contributed by atoms with Crippen molar-refractivity contribution in [3.8, 4) is 0 Å². The van der Waals surface area contributed by atoms with E-state index in [1.165, 1.54) is 18.9 Å². The van der Waals surface area contributed by atoms with Crippen LogP contribution in [0.25, 0.3) is 0 Å². The summed E-state index contributed by atoms with van der Waals surface area (Å²) in [7, 11) is 0. The van der Waals surface area contributed by atoms with Crippen LogP contribution in [0, 0.1) is 5.82 Å². The molecule has 94 valence electrons. The summed E-state index contributed by atoms with van der Waals surface area (Å²) in [6.45, 7) is 4.45. The standard InChI is InChI=1S/C15H22FN/c1-3-14(4-2)17-15-9-12(10-15)11-6-5-7-13(16)8-11/h5-8,12,14-15,17H,3-4,9-10H2,1-2H3. The highest BCUT2D eigenvalue weighted by molar-refractivity contribution is 5.23. The van der Waals surface area contributed by atoms with Crippen LogP contribution in [-0.2, 0) is 0 Å². The smallest absolute Gasteiger partial charge is 0.123 e. The number of benzene rings is 1. The molecule has 17 heavy (non-hydrogen) atoms. The van der Waals surface area contributed by atoms with Gasteiger partial charge in [0, 0.05) is 12.1 Å². The Morgan fingerprint density at radius 2 is 2.00 bits per heavy atom. The molecule has 1 N–H and O–H groups in total. The Morgan fingerprint density at radius 1 is 1.29 bits per heavy atom. The van der Waals surface area contributed by atoms with E-state index in [1.807, 2.05) is 12.1 Å². The van der Waals surface area contributed by atoms with E-state index in [-0.39, 0.29) is 5.82 Å². The Kier molecular flexibility index (Phi) is 4.16. The van der Waals surface area contributed by atoms with Crippen LogP contribution in [0.1, 0.15) is 51.0 Å². The van der Waals surface area contributed by atoms with Crippen molar-refractivity contribution in [3.63, 3.8) is 0 Å². The van der Waals surface area contributed by atoms with E-state index in [1.54, 1.807) is 6.07 Å². The van der Waals surface area contributed by atoms with E-state index < -0.39 is 0 Å². The minimum atomic E-state index is -0.112. The maximum absolute atomic E-state index is 13.1. The molecular formula is C15H22FN. The summed E-state index contributed by atoms with van der Waals surface area (Å²) in [4.78, 5) is 0. The van der Waals surface area contributed by atoms with E-state index in [2.05, 4.69) is 19.2 Å². The third kappa shape index (κ3) is 3.06. The van der Waals surface area contributed by atoms with Gasteiger partial charge in [0.1, 0.15) is 5.82 Å². The van der Waals surface area contributed by atoms with Gasteiger partial charge in [-0.1, -0.05) is 26.0 Å². The summed E-state index contributed by atoms with van der Waals surface area (Å²) in [6.07, 6.45) is 4.69. The largest absolute Gasteiger partial charge is 0.311 e. The highest BCUT2D eigenvalue weighted by atomic mass is 19.1. The molecule has 0 aliphatic heterocycles. The minimum Gasteiger partial charge on any atom is -0.311 e. The summed E-state index contributed by atoms with van der Waals surface area (Å²) in [5, 5.41) is 3.67. The summed E-state index contributed by atoms with van der Waals surface area (Å²) < 4.78 is 13.1. The highest BCUT2D eigenvalue weighted by Gasteiger charge is 2.31. The minimum absolute atomic E-state index is 0.112. The molecule has 1 nitrogen and oxygen atoms in total. The number of hydrogen-bond acceptors (Lipinski definition) is 1. The van der Waals surface area contributed by atoms with E-state index >= 15 is 0 Å². The van der Waals surface area contributed by atoms with Crippen molar-refractivity contribution in [1.29, 1.82) is 0 Å². The lowest BCUT2D eigenvalue weighted by molar-refractivity contribution is 0.258. The van der Waals surface area contributed by atoms with Crippen LogP contribution >= 0.6 is 0 Å². The second-order valence-electron chi connectivity index (χ2n) is 5.10. The van der Waals surface area contributed by atoms with E-state index in [9.17, 15) is 4.39 Å². The zero-order valence-electron chi connectivity index (χ0n) is 10.7. The Balaban J connectivity index is 1.82. The van der Waals surface area contributed by atoms with Crippen LogP contribution in [0.5, 0.6) is 0 Å². The van der Waals surface area contributed by atoms with Gasteiger partial charge in [-0.3, -0.25) is 0 Å². The van der Waals surface area contributed by atoms with Crippen molar-refractivity contribution in [1.82, 2.24) is 5.32 Å². The van der Waals surface area contributed by atoms with E-state index in [0.29, 0.717) is 18.0 Å². The number of halogens is 1. The fraction of sp³-hybridized carbons (Fsp3) is 0.600. The molecule has 2 heteroatoms. The molecule has 0 atom stereocenters. The van der Waals surface area contributed by atoms with Gasteiger partial charge in [-0.15, -0.1) is 0 Å². The average Bonchev–Trinajstić information content (AvgIpc) is 2.28. The first-order valence-corrected chi connectivity index (χ1v) is 6.74. The monoisotopic (exact) mass is 235 g/mol. The molecule has 0 heterocycles. The van der Waals surface area contributed by atoms with Gasteiger partial charge in [-0.25, -0.2) is 4.39 Å². The first-order valence-electron chi connectivity index (χ1n) is 6.74. The first kappa shape index (κ1) is 12.6. The maximum Gasteiger partial charge on any atom is 0.123 e. The van der Waals surface area contributed by atoms with Crippen molar-refractivity contribution >= 4 is 0 Å². The van der Waals surface area contributed by atoms with Crippen molar-refractivity contribution in [2.75, 3.05) is 0 Å². The fourth-order valence-corrected chi connectivity index (χ4v) is 2.64. The zero-order chi connectivity index (χ0) is 12.3. The van der Waals surface area contributed by atoms with Crippen molar-refractivity contribution in [3.05, 3.63) is 35.6 Å². The quantitative estimate of drug-likeness (QED) is 0.817. The van der Waals surface area contributed by atoms with Gasteiger partial charge in [0.25, 0.3) is 0 Å². The molecule has 1 saturated carbocycles. The van der Waals surface area contributed by atoms with Gasteiger partial charge in [0.05, 0.1) is 0 Å². The van der Waals surface area contributed by atoms with Gasteiger partial charge in [-0.05, 0) is 49.3 Å². The van der Waals surface area contributed by atoms with E-state index in [4.69, 9.17) is 0 Å². The molecule has 1 aromatic carbocycles. The third-order valence-electron chi connectivity index (χ3n) is 3.92. The second-order valence-corrected chi connectivity index (χ2v) is 5.10. The zero-order valence-corrected chi connectivity index (χ0v) is 10.7. The van der Waals surface area contributed by atoms with Gasteiger partial charge in [-0.2, -0.15) is 0 Å². The second kappa shape index (κ2) is 5.63. The Bertz CT molecular complexity index is 354. The molecule has 0 saturated heterocycles. The summed E-state index contributed by atoms with van der Waals surface area (Å²) in [5.41, 5.74) is 1.16. The van der Waals surface area contributed by atoms with Crippen LogP contribution in [0.15, 0.2) is 24.3 Å². The molecular weight excluding hydrogens is 213 g/mol. The Labute approximate surface area is 103 Å². The molecule has 1 aliphatic carbocycles. The first-order chi connectivity index (χ1) is 8.22. The highest BCUT2D eigenvalue weighted by Crippen LogP contribution is 2.37. The summed E-state index contributed by atoms with van der Waals surface area (Å²) in [6, 6.07) is 8.33. The van der Waals surface area contributed by atoms with Crippen LogP contribution in [0.3, 0.4) is 0 Å². The predicted molar refractivity (Wildman–Crippen MR) is 69.7 cm³/mol. The topological polar surface area (TPSA) is 12.0 Å². The Hall–Kier alpha value is -0.890. The fourth-order valence-electron chi connectivity index (χ4n) is 2.64. The van der Waals surface area contributed by atoms with Crippen LogP contribution in [0.2, 0.25) is 0 Å². The van der Waals surface area contributed by atoms with Crippen LogP contribution < -0.4 is 5.32 Å². The van der Waals surface area contributed by atoms with Crippen molar-refractivity contribution in [2.45, 2.75) is 57.5 Å². The molecule has 0 aromatic heterocycles. The number of hydrogen-bond donors (Lipinski definition) is 1. The molecule has 0 amide bonds. The van der Waals surface area contributed by atoms with E-state index in [0.717, 1.165) is 18.4 Å². The molecule has 1 aliphatic rings. The number of nitrogens with one attached hydrogen (secondary N) is 1. The van der Waals surface area contributed by atoms with Gasteiger partial charge >= 0.3 is 0 Å². The molecule has 1 aromatic rings. The normalized spacial score (nSPS) is 23.8. The van der Waals surface area contributed by atoms with Crippen molar-refractivity contribution < 1.29 is 4.39 Å². The molecule has 0 spiro atoms. The SMILES string of the molecule is CCC(CC)NC1CC(c2cccc(F)c2)C1. The predicted octanol–water partition coefficient (Wildman–Crippen LogP) is 3.85. The molecule has 0 unspecified atom stereocenters. The molecule has 0 radical (unpaired) electrons. The van der Waals surface area contributed by atoms with Crippen LogP contribution in [0.4, 0.5) is 4.39 Å².